The van der Waals surface area contributed by atoms with Crippen LogP contribution in [0.5, 0.6) is 5.75 Å². The monoisotopic (exact) mass is 406 g/mol. The molecule has 3 atom stereocenters. The predicted molar refractivity (Wildman–Crippen MR) is 105 cm³/mol. The van der Waals surface area contributed by atoms with Crippen LogP contribution in [0.4, 0.5) is 5.69 Å². The quantitative estimate of drug-likeness (QED) is 0.733. The fourth-order valence-electron chi connectivity index (χ4n) is 4.31. The third-order valence-corrected chi connectivity index (χ3v) is 7.63. The predicted octanol–water partition coefficient (Wildman–Crippen LogP) is 2.26. The second-order valence-electron chi connectivity index (χ2n) is 7.49. The van der Waals surface area contributed by atoms with Crippen LogP contribution in [0, 0.1) is 17.8 Å². The van der Waals surface area contributed by atoms with Crippen molar-refractivity contribution >= 4 is 21.6 Å². The zero-order valence-electron chi connectivity index (χ0n) is 16.0. The van der Waals surface area contributed by atoms with Crippen molar-refractivity contribution in [1.29, 1.82) is 0 Å². The molecule has 2 aliphatic carbocycles. The number of anilines is 1. The molecular formula is C20H26N2O5S. The van der Waals surface area contributed by atoms with Gasteiger partial charge in [0, 0.05) is 24.7 Å². The van der Waals surface area contributed by atoms with Gasteiger partial charge >= 0.3 is 0 Å². The molecule has 1 aromatic carbocycles. The summed E-state index contributed by atoms with van der Waals surface area (Å²) in [5, 5.41) is 2.92. The average molecular weight is 407 g/mol. The van der Waals surface area contributed by atoms with Crippen molar-refractivity contribution in [2.75, 3.05) is 38.2 Å². The van der Waals surface area contributed by atoms with E-state index in [1.807, 2.05) is 6.92 Å². The van der Waals surface area contributed by atoms with Crippen LogP contribution in [-0.2, 0) is 19.6 Å². The molecule has 152 valence electrons. The lowest BCUT2D eigenvalue weighted by Crippen LogP contribution is -2.40. The van der Waals surface area contributed by atoms with Crippen LogP contribution in [0.15, 0.2) is 35.2 Å². The molecule has 3 aliphatic rings. The number of nitrogens with one attached hydrogen (secondary N) is 1. The number of nitrogens with zero attached hydrogens (tertiary/aromatic N) is 1. The maximum Gasteiger partial charge on any atom is 0.246 e. The standard InChI is InChI=1S/C20H26N2O5S/c1-2-27-18-6-5-16(21-20(23)17-12-14-3-4-15(17)11-14)13-19(18)28(24,25)22-7-9-26-10-8-22/h3-6,13-15,17H,2,7-12H2,1H3,(H,21,23). The number of hydrogen-bond acceptors (Lipinski definition) is 5. The fourth-order valence-corrected chi connectivity index (χ4v) is 5.87. The molecule has 2 fully saturated rings. The number of amides is 1. The molecule has 1 N–H and O–H groups in total. The van der Waals surface area contributed by atoms with Crippen molar-refractivity contribution in [1.82, 2.24) is 4.31 Å². The molecule has 1 saturated heterocycles. The van der Waals surface area contributed by atoms with E-state index in [2.05, 4.69) is 17.5 Å². The van der Waals surface area contributed by atoms with E-state index >= 15 is 0 Å². The van der Waals surface area contributed by atoms with E-state index in [1.54, 1.807) is 12.1 Å². The Morgan fingerprint density at radius 3 is 2.68 bits per heavy atom. The number of morpholine rings is 1. The molecule has 7 nitrogen and oxygen atoms in total. The van der Waals surface area contributed by atoms with Gasteiger partial charge in [0.25, 0.3) is 0 Å². The molecule has 4 rings (SSSR count). The van der Waals surface area contributed by atoms with E-state index in [1.165, 1.54) is 10.4 Å². The van der Waals surface area contributed by atoms with Crippen molar-refractivity contribution in [3.8, 4) is 5.75 Å². The Morgan fingerprint density at radius 2 is 2.04 bits per heavy atom. The molecule has 2 bridgehead atoms. The van der Waals surface area contributed by atoms with Crippen molar-refractivity contribution in [3.63, 3.8) is 0 Å². The summed E-state index contributed by atoms with van der Waals surface area (Å²) >= 11 is 0. The van der Waals surface area contributed by atoms with Crippen LogP contribution in [-0.4, -0.2) is 51.5 Å². The number of fused-ring (bicyclic) bond motifs is 2. The zero-order chi connectivity index (χ0) is 19.7. The number of sulfonamides is 1. The van der Waals surface area contributed by atoms with Gasteiger partial charge in [-0.05, 0) is 49.8 Å². The van der Waals surface area contributed by atoms with E-state index < -0.39 is 10.0 Å². The summed E-state index contributed by atoms with van der Waals surface area (Å²) in [6.07, 6.45) is 6.23. The Morgan fingerprint density at radius 1 is 1.25 bits per heavy atom. The first-order chi connectivity index (χ1) is 13.5. The van der Waals surface area contributed by atoms with Gasteiger partial charge in [0.05, 0.1) is 19.8 Å². The number of allylic oxidation sites excluding steroid dienone is 2. The summed E-state index contributed by atoms with van der Waals surface area (Å²) in [4.78, 5) is 12.8. The Hall–Kier alpha value is -1.90. The number of benzene rings is 1. The van der Waals surface area contributed by atoms with Crippen molar-refractivity contribution in [2.45, 2.75) is 24.7 Å². The second-order valence-corrected chi connectivity index (χ2v) is 9.39. The molecule has 3 unspecified atom stereocenters. The van der Waals surface area contributed by atoms with E-state index in [4.69, 9.17) is 9.47 Å². The average Bonchev–Trinajstić information content (AvgIpc) is 3.33. The minimum atomic E-state index is -3.73. The van der Waals surface area contributed by atoms with Crippen LogP contribution >= 0.6 is 0 Å². The van der Waals surface area contributed by atoms with E-state index in [9.17, 15) is 13.2 Å². The van der Waals surface area contributed by atoms with Crippen LogP contribution in [0.1, 0.15) is 19.8 Å². The van der Waals surface area contributed by atoms with Crippen molar-refractivity contribution in [3.05, 3.63) is 30.4 Å². The highest BCUT2D eigenvalue weighted by Crippen LogP contribution is 2.44. The fraction of sp³-hybridized carbons (Fsp3) is 0.550. The van der Waals surface area contributed by atoms with Crippen LogP contribution < -0.4 is 10.1 Å². The minimum Gasteiger partial charge on any atom is -0.492 e. The molecule has 0 spiro atoms. The molecule has 1 aromatic rings. The highest BCUT2D eigenvalue weighted by Gasteiger charge is 2.40. The van der Waals surface area contributed by atoms with E-state index in [-0.39, 0.29) is 16.7 Å². The lowest BCUT2D eigenvalue weighted by atomic mass is 9.93. The summed E-state index contributed by atoms with van der Waals surface area (Å²) in [6, 6.07) is 4.83. The first-order valence-corrected chi connectivity index (χ1v) is 11.3. The zero-order valence-corrected chi connectivity index (χ0v) is 16.8. The van der Waals surface area contributed by atoms with Gasteiger partial charge in [-0.1, -0.05) is 12.2 Å². The Kier molecular flexibility index (Phi) is 5.44. The maximum absolute atomic E-state index is 13.1. The largest absolute Gasteiger partial charge is 0.492 e. The molecule has 0 aromatic heterocycles. The van der Waals surface area contributed by atoms with Gasteiger partial charge < -0.3 is 14.8 Å². The molecular weight excluding hydrogens is 380 g/mol. The molecule has 8 heteroatoms. The van der Waals surface area contributed by atoms with Gasteiger partial charge in [0.2, 0.25) is 15.9 Å². The van der Waals surface area contributed by atoms with Gasteiger partial charge in [0.1, 0.15) is 10.6 Å². The van der Waals surface area contributed by atoms with Crippen LogP contribution in [0.3, 0.4) is 0 Å². The third-order valence-electron chi connectivity index (χ3n) is 5.71. The summed E-state index contributed by atoms with van der Waals surface area (Å²) in [7, 11) is -3.73. The molecule has 28 heavy (non-hydrogen) atoms. The number of hydrogen-bond donors (Lipinski definition) is 1. The topological polar surface area (TPSA) is 84.9 Å². The highest BCUT2D eigenvalue weighted by molar-refractivity contribution is 7.89. The Labute approximate surface area is 165 Å². The maximum atomic E-state index is 13.1. The Bertz CT molecular complexity index is 877. The smallest absolute Gasteiger partial charge is 0.246 e. The number of rotatable bonds is 6. The summed E-state index contributed by atoms with van der Waals surface area (Å²) < 4.78 is 38.5. The van der Waals surface area contributed by atoms with Crippen molar-refractivity contribution < 1.29 is 22.7 Å². The van der Waals surface area contributed by atoms with Gasteiger partial charge in [-0.3, -0.25) is 4.79 Å². The molecule has 0 radical (unpaired) electrons. The first kappa shape index (κ1) is 19.4. The molecule has 1 heterocycles. The SMILES string of the molecule is CCOc1ccc(NC(=O)C2CC3C=CC2C3)cc1S(=O)(=O)N1CCOCC1. The number of ether oxygens (including phenoxy) is 2. The van der Waals surface area contributed by atoms with Gasteiger partial charge in [-0.25, -0.2) is 8.42 Å². The number of carbonyl (C=O) groups excluding carboxylic acids is 1. The van der Waals surface area contributed by atoms with Gasteiger partial charge in [0.15, 0.2) is 0 Å². The van der Waals surface area contributed by atoms with Gasteiger partial charge in [-0.15, -0.1) is 0 Å². The van der Waals surface area contributed by atoms with Crippen LogP contribution in [0.2, 0.25) is 0 Å². The molecule has 1 amide bonds. The van der Waals surface area contributed by atoms with Crippen molar-refractivity contribution in [2.24, 2.45) is 17.8 Å². The first-order valence-electron chi connectivity index (χ1n) is 9.83. The van der Waals surface area contributed by atoms with E-state index in [0.717, 1.165) is 12.8 Å². The Balaban J connectivity index is 1.58. The summed E-state index contributed by atoms with van der Waals surface area (Å²) in [5.41, 5.74) is 0.479. The normalized spacial score (nSPS) is 27.1. The lowest BCUT2D eigenvalue weighted by Gasteiger charge is -2.27. The van der Waals surface area contributed by atoms with Gasteiger partial charge in [-0.2, -0.15) is 4.31 Å². The highest BCUT2D eigenvalue weighted by atomic mass is 32.2. The van der Waals surface area contributed by atoms with E-state index in [0.29, 0.717) is 56.2 Å². The minimum absolute atomic E-state index is 0.0409. The molecule has 1 aliphatic heterocycles. The molecule has 1 saturated carbocycles. The second kappa shape index (κ2) is 7.85. The summed E-state index contributed by atoms with van der Waals surface area (Å²) in [6.45, 7) is 3.52. The van der Waals surface area contributed by atoms with Crippen LogP contribution in [0.25, 0.3) is 0 Å². The lowest BCUT2D eigenvalue weighted by molar-refractivity contribution is -0.120. The summed E-state index contributed by atoms with van der Waals surface area (Å²) in [5.74, 6) is 1.01. The number of carbonyl (C=O) groups is 1. The third kappa shape index (κ3) is 3.68.